The van der Waals surface area contributed by atoms with Crippen LogP contribution in [0.15, 0.2) is 65.7 Å². The number of carbonyl (C=O) groups excluding carboxylic acids is 4. The second kappa shape index (κ2) is 14.4. The van der Waals surface area contributed by atoms with Crippen molar-refractivity contribution in [2.45, 2.75) is 63.7 Å². The summed E-state index contributed by atoms with van der Waals surface area (Å²) in [7, 11) is -3.53. The number of thiophene rings is 1. The Balaban J connectivity index is 1.40. The summed E-state index contributed by atoms with van der Waals surface area (Å²) in [4.78, 5) is 53.6. The van der Waals surface area contributed by atoms with Gasteiger partial charge in [-0.15, -0.1) is 11.3 Å². The predicted octanol–water partition coefficient (Wildman–Crippen LogP) is 5.55. The van der Waals surface area contributed by atoms with Gasteiger partial charge in [-0.2, -0.15) is 0 Å². The molecule has 1 fully saturated rings. The number of benzene rings is 1. The van der Waals surface area contributed by atoms with Gasteiger partial charge < -0.3 is 13.9 Å². The molecule has 45 heavy (non-hydrogen) atoms. The van der Waals surface area contributed by atoms with Gasteiger partial charge in [-0.25, -0.2) is 9.59 Å². The van der Waals surface area contributed by atoms with Crippen molar-refractivity contribution >= 4 is 59.9 Å². The molecule has 4 rings (SSSR count). The van der Waals surface area contributed by atoms with Crippen LogP contribution < -0.4 is 5.32 Å². The van der Waals surface area contributed by atoms with E-state index < -0.39 is 48.4 Å². The van der Waals surface area contributed by atoms with Crippen LogP contribution in [0.3, 0.4) is 0 Å². The van der Waals surface area contributed by atoms with Crippen LogP contribution in [0.25, 0.3) is 0 Å². The monoisotopic (exact) mass is 672 g/mol. The van der Waals surface area contributed by atoms with Gasteiger partial charge in [0.15, 0.2) is 8.32 Å². The minimum atomic E-state index is -1.91. The number of hydrogen-bond acceptors (Lipinski definition) is 9. The molecule has 0 radical (unpaired) electrons. The van der Waals surface area contributed by atoms with E-state index in [4.69, 9.17) is 13.9 Å². The summed E-state index contributed by atoms with van der Waals surface area (Å²) in [6.07, 6.45) is 0.710. The van der Waals surface area contributed by atoms with Crippen molar-refractivity contribution in [3.8, 4) is 0 Å². The molecule has 1 aromatic carbocycles. The molecule has 3 atom stereocenters. The molecule has 0 aliphatic carbocycles. The highest BCUT2D eigenvalue weighted by molar-refractivity contribution is 7.86. The average molecular weight is 673 g/mol. The highest BCUT2D eigenvalue weighted by atomic mass is 32.2. The lowest BCUT2D eigenvalue weighted by molar-refractivity contribution is -0.155. The van der Waals surface area contributed by atoms with Crippen LogP contribution in [0.5, 0.6) is 0 Å². The van der Waals surface area contributed by atoms with Crippen molar-refractivity contribution in [1.82, 2.24) is 4.90 Å². The molecule has 0 bridgehead atoms. The molecular formula is C32H40N2O8S2Si. The first-order valence-electron chi connectivity index (χ1n) is 14.6. The SMILES string of the molecule is C=CCOC(=O)C1=C(COC(=O)Nc2ccc(CO[Si](C)(C)C(C)(C)C)cc2)CS(=O)[C@@H]2[C@H](CC(=O)Cc3cccs3)C(=O)N12. The van der Waals surface area contributed by atoms with Gasteiger partial charge >= 0.3 is 12.1 Å². The van der Waals surface area contributed by atoms with Crippen molar-refractivity contribution in [3.63, 3.8) is 0 Å². The van der Waals surface area contributed by atoms with Gasteiger partial charge in [0, 0.05) is 39.8 Å². The Labute approximate surface area is 271 Å². The molecule has 2 aliphatic rings. The number of nitrogens with zero attached hydrogens (tertiary/aromatic N) is 1. The summed E-state index contributed by atoms with van der Waals surface area (Å²) in [5, 5.41) is 3.77. The maximum atomic E-state index is 13.3. The zero-order chi connectivity index (χ0) is 32.9. The Hall–Kier alpha value is -3.39. The van der Waals surface area contributed by atoms with Crippen molar-refractivity contribution in [1.29, 1.82) is 0 Å². The molecule has 10 nitrogen and oxygen atoms in total. The van der Waals surface area contributed by atoms with Crippen molar-refractivity contribution in [2.75, 3.05) is 24.3 Å². The number of anilines is 1. The Morgan fingerprint density at radius 3 is 2.47 bits per heavy atom. The molecule has 1 unspecified atom stereocenters. The summed E-state index contributed by atoms with van der Waals surface area (Å²) in [6, 6.07) is 10.9. The second-order valence-electron chi connectivity index (χ2n) is 12.5. The fourth-order valence-electron chi connectivity index (χ4n) is 4.70. The van der Waals surface area contributed by atoms with E-state index in [9.17, 15) is 23.4 Å². The molecule has 0 spiro atoms. The number of amides is 2. The Morgan fingerprint density at radius 1 is 1.13 bits per heavy atom. The number of β-lactam (4-membered cyclic amide) rings is 1. The third-order valence-electron chi connectivity index (χ3n) is 8.22. The van der Waals surface area contributed by atoms with Crippen LogP contribution in [-0.4, -0.2) is 65.5 Å². The predicted molar refractivity (Wildman–Crippen MR) is 176 cm³/mol. The van der Waals surface area contributed by atoms with Crippen molar-refractivity contribution in [3.05, 3.63) is 76.1 Å². The highest BCUT2D eigenvalue weighted by Crippen LogP contribution is 2.41. The van der Waals surface area contributed by atoms with Gasteiger partial charge in [-0.1, -0.05) is 51.6 Å². The van der Waals surface area contributed by atoms with Gasteiger partial charge in [0.25, 0.3) is 0 Å². The van der Waals surface area contributed by atoms with Gasteiger partial charge in [0.2, 0.25) is 5.91 Å². The summed E-state index contributed by atoms with van der Waals surface area (Å²) in [5.41, 5.74) is 1.56. The second-order valence-corrected chi connectivity index (χ2v) is 19.9. The Kier molecular flexibility index (Phi) is 11.0. The number of ketones is 1. The van der Waals surface area contributed by atoms with E-state index in [2.05, 4.69) is 45.8 Å². The normalized spacial score (nSPS) is 19.8. The minimum absolute atomic E-state index is 0.0753. The van der Waals surface area contributed by atoms with Gasteiger partial charge in [-0.05, 0) is 47.3 Å². The lowest BCUT2D eigenvalue weighted by Gasteiger charge is -2.49. The van der Waals surface area contributed by atoms with E-state index in [0.717, 1.165) is 15.3 Å². The van der Waals surface area contributed by atoms with Gasteiger partial charge in [-0.3, -0.25) is 24.0 Å². The first-order valence-corrected chi connectivity index (χ1v) is 19.8. The number of carbonyl (C=O) groups is 4. The standard InChI is InChI=1S/C32H40N2O8S2Si/c1-7-14-40-30(37)27-22(20-44(39)29-26(28(36)34(27)29)17-24(35)16-25-9-8-15-43-25)19-41-31(38)33-23-12-10-21(11-13-23)18-42-45(5,6)32(2,3)4/h7-13,15,26,29H,1,14,16-20H2,2-6H3,(H,33,38)/t26-,29-,44?/m1/s1. The quantitative estimate of drug-likeness (QED) is 0.127. The van der Waals surface area contributed by atoms with Gasteiger partial charge in [0.05, 0.1) is 18.3 Å². The molecule has 1 saturated heterocycles. The Bertz CT molecular complexity index is 1500. The van der Waals surface area contributed by atoms with E-state index in [0.29, 0.717) is 12.3 Å². The molecular weight excluding hydrogens is 633 g/mol. The first kappa shape index (κ1) is 34.5. The Morgan fingerprint density at radius 2 is 1.84 bits per heavy atom. The maximum absolute atomic E-state index is 13.3. The van der Waals surface area contributed by atoms with Crippen LogP contribution in [0.1, 0.15) is 37.6 Å². The maximum Gasteiger partial charge on any atom is 0.411 e. The third-order valence-corrected chi connectivity index (χ3v) is 15.3. The highest BCUT2D eigenvalue weighted by Gasteiger charge is 2.57. The third kappa shape index (κ3) is 8.26. The molecule has 2 amide bonds. The lowest BCUT2D eigenvalue weighted by atomic mass is 9.89. The number of esters is 1. The molecule has 0 saturated carbocycles. The largest absolute Gasteiger partial charge is 0.457 e. The number of rotatable bonds is 13. The van der Waals surface area contributed by atoms with Crippen LogP contribution in [-0.2, 0) is 52.1 Å². The van der Waals surface area contributed by atoms with Gasteiger partial charge in [0.1, 0.15) is 30.1 Å². The van der Waals surface area contributed by atoms with E-state index in [1.54, 1.807) is 12.1 Å². The topological polar surface area (TPSA) is 128 Å². The van der Waals surface area contributed by atoms with Crippen LogP contribution in [0.4, 0.5) is 10.5 Å². The minimum Gasteiger partial charge on any atom is -0.457 e. The van der Waals surface area contributed by atoms with E-state index in [1.165, 1.54) is 17.4 Å². The number of hydrogen-bond donors (Lipinski definition) is 1. The zero-order valence-corrected chi connectivity index (χ0v) is 28.9. The molecule has 2 aromatic rings. The summed E-state index contributed by atoms with van der Waals surface area (Å²) >= 11 is 1.45. The molecule has 1 N–H and O–H groups in total. The molecule has 13 heteroatoms. The van der Waals surface area contributed by atoms with Crippen molar-refractivity contribution < 1.29 is 37.3 Å². The van der Waals surface area contributed by atoms with E-state index in [1.807, 2.05) is 29.6 Å². The fraction of sp³-hybridized carbons (Fsp3) is 0.438. The summed E-state index contributed by atoms with van der Waals surface area (Å²) in [6.45, 7) is 14.4. The number of nitrogens with one attached hydrogen (secondary N) is 1. The molecule has 242 valence electrons. The summed E-state index contributed by atoms with van der Waals surface area (Å²) in [5.74, 6) is -2.37. The van der Waals surface area contributed by atoms with Crippen molar-refractivity contribution in [2.24, 2.45) is 5.92 Å². The lowest BCUT2D eigenvalue weighted by Crippen LogP contribution is -2.66. The van der Waals surface area contributed by atoms with E-state index in [-0.39, 0.29) is 53.9 Å². The molecule has 3 heterocycles. The summed E-state index contributed by atoms with van der Waals surface area (Å²) < 4.78 is 30.1. The number of ether oxygens (including phenoxy) is 2. The zero-order valence-electron chi connectivity index (χ0n) is 26.3. The number of fused-ring (bicyclic) bond motifs is 1. The van der Waals surface area contributed by atoms with Crippen LogP contribution in [0.2, 0.25) is 18.1 Å². The average Bonchev–Trinajstić information content (AvgIpc) is 3.49. The molecule has 2 aliphatic heterocycles. The fourth-order valence-corrected chi connectivity index (χ4v) is 8.15. The van der Waals surface area contributed by atoms with E-state index >= 15 is 0 Å². The smallest absolute Gasteiger partial charge is 0.411 e. The number of Topliss-reactive ketones (excluding diaryl/α,β-unsaturated/α-hetero) is 1. The first-order chi connectivity index (χ1) is 21.2. The van der Waals surface area contributed by atoms with Crippen LogP contribution in [0, 0.1) is 5.92 Å². The van der Waals surface area contributed by atoms with Crippen LogP contribution >= 0.6 is 11.3 Å². The molecule has 1 aromatic heterocycles.